The maximum absolute atomic E-state index is 6.09. The van der Waals surface area contributed by atoms with Crippen LogP contribution in [0.1, 0.15) is 18.9 Å². The van der Waals surface area contributed by atoms with Gasteiger partial charge in [0.15, 0.2) is 5.96 Å². The molecule has 0 aliphatic carbocycles. The smallest absolute Gasteiger partial charge is 0.191 e. The van der Waals surface area contributed by atoms with Crippen LogP contribution in [0.5, 0.6) is 0 Å². The third-order valence-corrected chi connectivity index (χ3v) is 2.84. The number of aliphatic imine (C=N–C) groups is 1. The van der Waals surface area contributed by atoms with Crippen molar-refractivity contribution in [2.75, 3.05) is 13.6 Å². The van der Waals surface area contributed by atoms with E-state index in [1.807, 2.05) is 37.3 Å². The number of benzene rings is 1. The minimum absolute atomic E-state index is 0. The molecule has 1 aromatic rings. The number of guanidine groups is 1. The Balaban J connectivity index is 0.00000324. The molecule has 0 heterocycles. The maximum atomic E-state index is 6.09. The van der Waals surface area contributed by atoms with Crippen LogP contribution in [0.3, 0.4) is 0 Å². The summed E-state index contributed by atoms with van der Waals surface area (Å²) in [6.45, 7) is 3.56. The number of allylic oxidation sites excluding steroid dienone is 1. The van der Waals surface area contributed by atoms with Crippen molar-refractivity contribution in [2.45, 2.75) is 19.9 Å². The number of nitrogens with one attached hydrogen (secondary N) is 2. The van der Waals surface area contributed by atoms with Crippen molar-refractivity contribution in [2.24, 2.45) is 4.99 Å². The Labute approximate surface area is 137 Å². The lowest BCUT2D eigenvalue weighted by Crippen LogP contribution is -2.37. The molecule has 106 valence electrons. The molecule has 1 rings (SSSR count). The van der Waals surface area contributed by atoms with Crippen molar-refractivity contribution in [3.05, 3.63) is 47.0 Å². The molecular formula is C14H21ClIN3. The van der Waals surface area contributed by atoms with Gasteiger partial charge in [-0.15, -0.1) is 24.0 Å². The Morgan fingerprint density at radius 1 is 1.32 bits per heavy atom. The molecule has 0 spiro atoms. The van der Waals surface area contributed by atoms with Gasteiger partial charge >= 0.3 is 0 Å². The first-order valence-electron chi connectivity index (χ1n) is 6.07. The van der Waals surface area contributed by atoms with Crippen LogP contribution in [0.2, 0.25) is 5.02 Å². The van der Waals surface area contributed by atoms with E-state index in [9.17, 15) is 0 Å². The van der Waals surface area contributed by atoms with Crippen LogP contribution in [0, 0.1) is 0 Å². The molecule has 0 saturated heterocycles. The molecule has 1 aromatic carbocycles. The van der Waals surface area contributed by atoms with Crippen LogP contribution < -0.4 is 10.6 Å². The molecule has 5 heteroatoms. The normalized spacial score (nSPS) is 11.2. The van der Waals surface area contributed by atoms with E-state index in [4.69, 9.17) is 11.6 Å². The lowest BCUT2D eigenvalue weighted by Gasteiger charge is -2.11. The van der Waals surface area contributed by atoms with Gasteiger partial charge in [-0.05, 0) is 25.0 Å². The van der Waals surface area contributed by atoms with E-state index in [0.29, 0.717) is 6.54 Å². The van der Waals surface area contributed by atoms with Gasteiger partial charge in [0, 0.05) is 25.2 Å². The van der Waals surface area contributed by atoms with E-state index in [1.165, 1.54) is 0 Å². The van der Waals surface area contributed by atoms with Gasteiger partial charge < -0.3 is 10.6 Å². The minimum Gasteiger partial charge on any atom is -0.356 e. The zero-order chi connectivity index (χ0) is 13.2. The predicted octanol–water partition coefficient (Wildman–Crippen LogP) is 3.59. The molecule has 19 heavy (non-hydrogen) atoms. The van der Waals surface area contributed by atoms with E-state index >= 15 is 0 Å². The van der Waals surface area contributed by atoms with Crippen LogP contribution in [0.15, 0.2) is 41.4 Å². The Morgan fingerprint density at radius 3 is 2.68 bits per heavy atom. The summed E-state index contributed by atoms with van der Waals surface area (Å²) in [5, 5.41) is 7.24. The maximum Gasteiger partial charge on any atom is 0.191 e. The molecule has 0 saturated carbocycles. The summed E-state index contributed by atoms with van der Waals surface area (Å²) >= 11 is 6.09. The van der Waals surface area contributed by atoms with Crippen molar-refractivity contribution in [3.8, 4) is 0 Å². The molecule has 3 nitrogen and oxygen atoms in total. The van der Waals surface area contributed by atoms with Gasteiger partial charge in [0.05, 0.1) is 0 Å². The second-order valence-corrected chi connectivity index (χ2v) is 4.21. The molecule has 0 bridgehead atoms. The Bertz CT molecular complexity index is 419. The zero-order valence-corrected chi connectivity index (χ0v) is 14.4. The lowest BCUT2D eigenvalue weighted by molar-refractivity contribution is 0.804. The summed E-state index contributed by atoms with van der Waals surface area (Å²) in [5.41, 5.74) is 1.07. The van der Waals surface area contributed by atoms with Crippen molar-refractivity contribution < 1.29 is 0 Å². The topological polar surface area (TPSA) is 36.4 Å². The fraction of sp³-hybridized carbons (Fsp3) is 0.357. The van der Waals surface area contributed by atoms with Gasteiger partial charge in [0.1, 0.15) is 0 Å². The van der Waals surface area contributed by atoms with E-state index < -0.39 is 0 Å². The monoisotopic (exact) mass is 393 g/mol. The highest BCUT2D eigenvalue weighted by molar-refractivity contribution is 14.0. The minimum atomic E-state index is 0. The fourth-order valence-electron chi connectivity index (χ4n) is 1.48. The summed E-state index contributed by atoms with van der Waals surface area (Å²) in [5.74, 6) is 0.791. The van der Waals surface area contributed by atoms with E-state index in [2.05, 4.69) is 21.7 Å². The molecule has 0 atom stereocenters. The molecule has 0 aliphatic heterocycles. The molecule has 0 aromatic heterocycles. The van der Waals surface area contributed by atoms with E-state index in [1.54, 1.807) is 7.05 Å². The molecule has 0 unspecified atom stereocenters. The van der Waals surface area contributed by atoms with Crippen LogP contribution in [0.25, 0.3) is 0 Å². The second kappa shape index (κ2) is 11.1. The van der Waals surface area contributed by atoms with Gasteiger partial charge in [-0.1, -0.05) is 42.0 Å². The number of nitrogens with zero attached hydrogens (tertiary/aromatic N) is 1. The summed E-state index contributed by atoms with van der Waals surface area (Å²) in [4.78, 5) is 4.16. The Kier molecular flexibility index (Phi) is 10.7. The average Bonchev–Trinajstić information content (AvgIpc) is 2.40. The van der Waals surface area contributed by atoms with Gasteiger partial charge in [-0.2, -0.15) is 0 Å². The fourth-order valence-corrected chi connectivity index (χ4v) is 1.68. The molecule has 2 N–H and O–H groups in total. The van der Waals surface area contributed by atoms with Crippen LogP contribution in [-0.4, -0.2) is 19.6 Å². The number of hydrogen-bond acceptors (Lipinski definition) is 1. The standard InChI is InChI=1S/C14H20ClN3.HI/c1-3-4-7-10-17-14(16-2)18-11-12-8-5-6-9-13(12)15;/h3-6,8-9H,7,10-11H2,1-2H3,(H2,16,17,18);1H. The molecule has 0 fully saturated rings. The summed E-state index contributed by atoms with van der Waals surface area (Å²) in [6.07, 6.45) is 5.15. The van der Waals surface area contributed by atoms with Crippen LogP contribution >= 0.6 is 35.6 Å². The van der Waals surface area contributed by atoms with Gasteiger partial charge in [-0.25, -0.2) is 0 Å². The van der Waals surface area contributed by atoms with Gasteiger partial charge in [-0.3, -0.25) is 4.99 Å². The van der Waals surface area contributed by atoms with Crippen molar-refractivity contribution in [1.29, 1.82) is 0 Å². The highest BCUT2D eigenvalue weighted by Crippen LogP contribution is 2.13. The molecule has 0 amide bonds. The first kappa shape index (κ1) is 18.2. The molecular weight excluding hydrogens is 373 g/mol. The van der Waals surface area contributed by atoms with Gasteiger partial charge in [0.25, 0.3) is 0 Å². The van der Waals surface area contributed by atoms with Crippen LogP contribution in [0.4, 0.5) is 0 Å². The van der Waals surface area contributed by atoms with Crippen molar-refractivity contribution in [3.63, 3.8) is 0 Å². The first-order chi connectivity index (χ1) is 8.77. The van der Waals surface area contributed by atoms with E-state index in [-0.39, 0.29) is 24.0 Å². The Hall–Kier alpha value is -0.750. The van der Waals surface area contributed by atoms with Crippen LogP contribution in [-0.2, 0) is 6.54 Å². The highest BCUT2D eigenvalue weighted by atomic mass is 127. The number of hydrogen-bond donors (Lipinski definition) is 2. The van der Waals surface area contributed by atoms with Crippen molar-refractivity contribution >= 4 is 41.5 Å². The van der Waals surface area contributed by atoms with Crippen molar-refractivity contribution in [1.82, 2.24) is 10.6 Å². The molecule has 0 aliphatic rings. The lowest BCUT2D eigenvalue weighted by atomic mass is 10.2. The van der Waals surface area contributed by atoms with E-state index in [0.717, 1.165) is 29.5 Å². The largest absolute Gasteiger partial charge is 0.356 e. The predicted molar refractivity (Wildman–Crippen MR) is 94.5 cm³/mol. The number of rotatable bonds is 5. The molecule has 0 radical (unpaired) electrons. The average molecular weight is 394 g/mol. The SMILES string of the molecule is CC=CCCNC(=NC)NCc1ccccc1Cl.I. The third kappa shape index (κ3) is 7.42. The highest BCUT2D eigenvalue weighted by Gasteiger charge is 2.00. The summed E-state index contributed by atoms with van der Waals surface area (Å²) in [7, 11) is 1.76. The zero-order valence-electron chi connectivity index (χ0n) is 11.3. The first-order valence-corrected chi connectivity index (χ1v) is 6.44. The quantitative estimate of drug-likeness (QED) is 0.264. The summed E-state index contributed by atoms with van der Waals surface area (Å²) < 4.78 is 0. The van der Waals surface area contributed by atoms with Gasteiger partial charge in [0.2, 0.25) is 0 Å². The third-order valence-electron chi connectivity index (χ3n) is 2.47. The summed E-state index contributed by atoms with van der Waals surface area (Å²) in [6, 6.07) is 7.80. The second-order valence-electron chi connectivity index (χ2n) is 3.80. The number of halogens is 2. The Morgan fingerprint density at radius 2 is 2.05 bits per heavy atom.